The second-order valence-corrected chi connectivity index (χ2v) is 6.72. The van der Waals surface area contributed by atoms with Crippen molar-refractivity contribution in [3.8, 4) is 5.75 Å². The normalized spacial score (nSPS) is 25.9. The van der Waals surface area contributed by atoms with E-state index in [-0.39, 0.29) is 0 Å². The van der Waals surface area contributed by atoms with E-state index in [1.165, 1.54) is 50.8 Å². The van der Waals surface area contributed by atoms with Gasteiger partial charge >= 0.3 is 0 Å². The summed E-state index contributed by atoms with van der Waals surface area (Å²) in [7, 11) is 1.72. The zero-order chi connectivity index (χ0) is 14.7. The SMILES string of the molecule is COc1ccc(C(C)N[C@@H]2CCCC23CCNCC3)cc1. The third kappa shape index (κ3) is 3.09. The van der Waals surface area contributed by atoms with Crippen molar-refractivity contribution in [2.45, 2.75) is 51.1 Å². The molecule has 1 aromatic carbocycles. The average Bonchev–Trinajstić information content (AvgIpc) is 2.90. The van der Waals surface area contributed by atoms with Crippen molar-refractivity contribution in [1.29, 1.82) is 0 Å². The Bertz CT molecular complexity index is 451. The Labute approximate surface area is 128 Å². The van der Waals surface area contributed by atoms with Gasteiger partial charge in [0.2, 0.25) is 0 Å². The predicted molar refractivity (Wildman–Crippen MR) is 86.7 cm³/mol. The first-order valence-corrected chi connectivity index (χ1v) is 8.34. The van der Waals surface area contributed by atoms with Crippen LogP contribution in [0.25, 0.3) is 0 Å². The molecule has 2 N–H and O–H groups in total. The minimum absolute atomic E-state index is 0.408. The van der Waals surface area contributed by atoms with E-state index < -0.39 is 0 Å². The molecule has 3 nitrogen and oxygen atoms in total. The van der Waals surface area contributed by atoms with Gasteiger partial charge in [0, 0.05) is 12.1 Å². The lowest BCUT2D eigenvalue weighted by molar-refractivity contribution is 0.152. The second-order valence-electron chi connectivity index (χ2n) is 6.72. The van der Waals surface area contributed by atoms with Crippen LogP contribution in [-0.2, 0) is 0 Å². The van der Waals surface area contributed by atoms with Crippen LogP contribution in [0.3, 0.4) is 0 Å². The number of nitrogens with one attached hydrogen (secondary N) is 2. The van der Waals surface area contributed by atoms with Crippen molar-refractivity contribution in [2.75, 3.05) is 20.2 Å². The fourth-order valence-electron chi connectivity index (χ4n) is 4.21. The van der Waals surface area contributed by atoms with Crippen LogP contribution in [0.15, 0.2) is 24.3 Å². The summed E-state index contributed by atoms with van der Waals surface area (Å²) in [6.07, 6.45) is 6.79. The molecule has 2 atom stereocenters. The highest BCUT2D eigenvalue weighted by atomic mass is 16.5. The molecule has 1 aromatic rings. The molecule has 1 heterocycles. The van der Waals surface area contributed by atoms with Gasteiger partial charge < -0.3 is 15.4 Å². The van der Waals surface area contributed by atoms with Crippen molar-refractivity contribution in [3.05, 3.63) is 29.8 Å². The Kier molecular flexibility index (Phi) is 4.51. The fraction of sp³-hybridized carbons (Fsp3) is 0.667. The molecule has 1 unspecified atom stereocenters. The van der Waals surface area contributed by atoms with Crippen molar-refractivity contribution in [2.24, 2.45) is 5.41 Å². The van der Waals surface area contributed by atoms with Crippen LogP contribution in [0.2, 0.25) is 0 Å². The highest BCUT2D eigenvalue weighted by Crippen LogP contribution is 2.45. The Morgan fingerprint density at radius 3 is 2.57 bits per heavy atom. The smallest absolute Gasteiger partial charge is 0.118 e. The van der Waals surface area contributed by atoms with Crippen molar-refractivity contribution < 1.29 is 4.74 Å². The molecule has 1 saturated heterocycles. The molecular weight excluding hydrogens is 260 g/mol. The molecule has 1 saturated carbocycles. The van der Waals surface area contributed by atoms with Crippen molar-refractivity contribution >= 4 is 0 Å². The van der Waals surface area contributed by atoms with Crippen LogP contribution >= 0.6 is 0 Å². The maximum Gasteiger partial charge on any atom is 0.118 e. The minimum atomic E-state index is 0.408. The van der Waals surface area contributed by atoms with Crippen molar-refractivity contribution in [1.82, 2.24) is 10.6 Å². The van der Waals surface area contributed by atoms with Gasteiger partial charge in [-0.05, 0) is 68.8 Å². The zero-order valence-electron chi connectivity index (χ0n) is 13.3. The van der Waals surface area contributed by atoms with Gasteiger partial charge in [-0.15, -0.1) is 0 Å². The molecule has 0 amide bonds. The summed E-state index contributed by atoms with van der Waals surface area (Å²) in [6.45, 7) is 4.67. The molecule has 3 rings (SSSR count). The average molecular weight is 288 g/mol. The quantitative estimate of drug-likeness (QED) is 0.892. The Hall–Kier alpha value is -1.06. The van der Waals surface area contributed by atoms with E-state index in [0.29, 0.717) is 17.5 Å². The predicted octanol–water partition coefficient (Wildman–Crippen LogP) is 3.27. The number of benzene rings is 1. The Morgan fingerprint density at radius 1 is 1.19 bits per heavy atom. The van der Waals surface area contributed by atoms with E-state index in [1.54, 1.807) is 7.11 Å². The summed E-state index contributed by atoms with van der Waals surface area (Å²) in [6, 6.07) is 9.56. The molecule has 0 bridgehead atoms. The zero-order valence-corrected chi connectivity index (χ0v) is 13.3. The van der Waals surface area contributed by atoms with Gasteiger partial charge in [-0.1, -0.05) is 18.6 Å². The third-order valence-electron chi connectivity index (χ3n) is 5.57. The molecule has 1 aliphatic carbocycles. The van der Waals surface area contributed by atoms with Gasteiger partial charge in [-0.25, -0.2) is 0 Å². The molecule has 0 radical (unpaired) electrons. The lowest BCUT2D eigenvalue weighted by atomic mass is 9.74. The van der Waals surface area contributed by atoms with Crippen LogP contribution in [0, 0.1) is 5.41 Å². The van der Waals surface area contributed by atoms with Crippen LogP contribution in [-0.4, -0.2) is 26.2 Å². The molecule has 1 aliphatic heterocycles. The number of ether oxygens (including phenoxy) is 1. The van der Waals surface area contributed by atoms with Crippen LogP contribution in [0.4, 0.5) is 0 Å². The second kappa shape index (κ2) is 6.37. The van der Waals surface area contributed by atoms with E-state index in [4.69, 9.17) is 4.74 Å². The van der Waals surface area contributed by atoms with E-state index >= 15 is 0 Å². The Morgan fingerprint density at radius 2 is 1.90 bits per heavy atom. The number of methoxy groups -OCH3 is 1. The monoisotopic (exact) mass is 288 g/mol. The molecule has 3 heteroatoms. The molecule has 2 aliphatic rings. The first-order chi connectivity index (χ1) is 10.2. The van der Waals surface area contributed by atoms with Crippen LogP contribution < -0.4 is 15.4 Å². The molecule has 21 heavy (non-hydrogen) atoms. The molecular formula is C18H28N2O. The largest absolute Gasteiger partial charge is 0.497 e. The van der Waals surface area contributed by atoms with Crippen molar-refractivity contribution in [3.63, 3.8) is 0 Å². The summed E-state index contributed by atoms with van der Waals surface area (Å²) >= 11 is 0. The third-order valence-corrected chi connectivity index (χ3v) is 5.57. The first kappa shape index (κ1) is 14.9. The standard InChI is InChI=1S/C18H28N2O/c1-14(15-5-7-16(21-2)8-6-15)20-17-4-3-9-18(17)10-12-19-13-11-18/h5-8,14,17,19-20H,3-4,9-13H2,1-2H3/t14?,17-/m1/s1. The van der Waals surface area contributed by atoms with Gasteiger partial charge in [0.05, 0.1) is 7.11 Å². The van der Waals surface area contributed by atoms with E-state index in [1.807, 2.05) is 0 Å². The fourth-order valence-corrected chi connectivity index (χ4v) is 4.21. The minimum Gasteiger partial charge on any atom is -0.497 e. The maximum atomic E-state index is 5.25. The van der Waals surface area contributed by atoms with E-state index in [2.05, 4.69) is 41.8 Å². The molecule has 2 fully saturated rings. The highest BCUT2D eigenvalue weighted by molar-refractivity contribution is 5.29. The summed E-state index contributed by atoms with van der Waals surface area (Å²) < 4.78 is 5.25. The van der Waals surface area contributed by atoms with E-state index in [9.17, 15) is 0 Å². The molecule has 116 valence electrons. The Balaban J connectivity index is 1.66. The van der Waals surface area contributed by atoms with Gasteiger partial charge in [0.25, 0.3) is 0 Å². The van der Waals surface area contributed by atoms with Crippen LogP contribution in [0.5, 0.6) is 5.75 Å². The summed E-state index contributed by atoms with van der Waals surface area (Å²) in [5, 5.41) is 7.44. The highest BCUT2D eigenvalue weighted by Gasteiger charge is 2.43. The maximum absolute atomic E-state index is 5.25. The number of rotatable bonds is 4. The van der Waals surface area contributed by atoms with Gasteiger partial charge in [-0.3, -0.25) is 0 Å². The first-order valence-electron chi connectivity index (χ1n) is 8.34. The number of hydrogen-bond donors (Lipinski definition) is 2. The topological polar surface area (TPSA) is 33.3 Å². The van der Waals surface area contributed by atoms with E-state index in [0.717, 1.165) is 5.75 Å². The van der Waals surface area contributed by atoms with Gasteiger partial charge in [0.15, 0.2) is 0 Å². The number of piperidine rings is 1. The molecule has 1 spiro atoms. The number of hydrogen-bond acceptors (Lipinski definition) is 3. The molecule has 0 aromatic heterocycles. The van der Waals surface area contributed by atoms with Gasteiger partial charge in [0.1, 0.15) is 5.75 Å². The summed E-state index contributed by atoms with van der Waals surface area (Å²) in [4.78, 5) is 0. The summed E-state index contributed by atoms with van der Waals surface area (Å²) in [5.74, 6) is 0.932. The lowest BCUT2D eigenvalue weighted by Gasteiger charge is -2.41. The summed E-state index contributed by atoms with van der Waals surface area (Å²) in [5.41, 5.74) is 1.90. The lowest BCUT2D eigenvalue weighted by Crippen LogP contribution is -2.48. The van der Waals surface area contributed by atoms with Crippen LogP contribution in [0.1, 0.15) is 50.6 Å². The van der Waals surface area contributed by atoms with Gasteiger partial charge in [-0.2, -0.15) is 0 Å².